The molecule has 0 amide bonds. The molecule has 1 aliphatic carbocycles. The molecule has 3 rings (SSSR count). The van der Waals surface area contributed by atoms with Crippen LogP contribution in [0.3, 0.4) is 0 Å². The van der Waals surface area contributed by atoms with Gasteiger partial charge in [0.25, 0.3) is 6.02 Å². The van der Waals surface area contributed by atoms with Crippen molar-refractivity contribution in [3.05, 3.63) is 29.3 Å². The molecule has 0 radical (unpaired) electrons. The van der Waals surface area contributed by atoms with Crippen LogP contribution in [0.2, 0.25) is 0 Å². The van der Waals surface area contributed by atoms with E-state index < -0.39 is 0 Å². The summed E-state index contributed by atoms with van der Waals surface area (Å²) in [5.74, 6) is 0. The summed E-state index contributed by atoms with van der Waals surface area (Å²) in [4.78, 5) is 4.68. The van der Waals surface area contributed by atoms with E-state index in [0.717, 1.165) is 6.42 Å². The van der Waals surface area contributed by atoms with E-state index in [9.17, 15) is 0 Å². The Balaban J connectivity index is 1.97. The summed E-state index contributed by atoms with van der Waals surface area (Å²) in [5, 5.41) is 3.30. The maximum Gasteiger partial charge on any atom is 0.290 e. The van der Waals surface area contributed by atoms with Gasteiger partial charge in [0.05, 0.1) is 12.1 Å². The van der Waals surface area contributed by atoms with Crippen LogP contribution in [0.4, 0.5) is 5.69 Å². The second kappa shape index (κ2) is 4.06. The number of ether oxygens (including phenoxy) is 1. The number of aryl methyl sites for hydroxylation is 1. The Morgan fingerprint density at radius 2 is 2.29 bits per heavy atom. The Kier molecular flexibility index (Phi) is 2.54. The lowest BCUT2D eigenvalue weighted by atomic mass is 9.86. The molecule has 0 spiro atoms. The molecule has 3 heteroatoms. The van der Waals surface area contributed by atoms with Crippen molar-refractivity contribution in [3.63, 3.8) is 0 Å². The average molecular weight is 230 g/mol. The summed E-state index contributed by atoms with van der Waals surface area (Å²) in [7, 11) is 0. The number of hydrogen-bond donors (Lipinski definition) is 1. The maximum atomic E-state index is 5.68. The number of amidine groups is 1. The highest BCUT2D eigenvalue weighted by Gasteiger charge is 2.27. The molecule has 1 aromatic carbocycles. The predicted octanol–water partition coefficient (Wildman–Crippen LogP) is 3.27. The van der Waals surface area contributed by atoms with E-state index in [1.807, 2.05) is 13.8 Å². The van der Waals surface area contributed by atoms with Crippen molar-refractivity contribution in [2.75, 3.05) is 5.32 Å². The summed E-state index contributed by atoms with van der Waals surface area (Å²) in [6, 6.07) is 7.43. The normalized spacial score (nSPS) is 21.6. The number of benzene rings is 1. The molecular formula is C14H18N2O. The molecule has 3 nitrogen and oxygen atoms in total. The lowest BCUT2D eigenvalue weighted by molar-refractivity contribution is 0.224. The highest BCUT2D eigenvalue weighted by atomic mass is 16.5. The van der Waals surface area contributed by atoms with Crippen molar-refractivity contribution < 1.29 is 4.74 Å². The number of hydrogen-bond acceptors (Lipinski definition) is 3. The average Bonchev–Trinajstić information content (AvgIpc) is 2.28. The minimum Gasteiger partial charge on any atom is -0.462 e. The number of nitrogens with one attached hydrogen (secondary N) is 1. The molecule has 1 heterocycles. The molecule has 90 valence electrons. The fourth-order valence-corrected chi connectivity index (χ4v) is 2.67. The minimum absolute atomic E-state index is 0.162. The van der Waals surface area contributed by atoms with Gasteiger partial charge in [-0.25, -0.2) is 4.99 Å². The summed E-state index contributed by atoms with van der Waals surface area (Å²) in [5.41, 5.74) is 4.01. The molecular weight excluding hydrogens is 212 g/mol. The highest BCUT2D eigenvalue weighted by Crippen LogP contribution is 2.40. The summed E-state index contributed by atoms with van der Waals surface area (Å²) < 4.78 is 5.68. The van der Waals surface area contributed by atoms with Gasteiger partial charge in [-0.3, -0.25) is 0 Å². The van der Waals surface area contributed by atoms with E-state index in [2.05, 4.69) is 28.5 Å². The summed E-state index contributed by atoms with van der Waals surface area (Å²) in [6.07, 6.45) is 3.70. The van der Waals surface area contributed by atoms with Gasteiger partial charge in [-0.05, 0) is 44.7 Å². The zero-order valence-electron chi connectivity index (χ0n) is 10.4. The fourth-order valence-electron chi connectivity index (χ4n) is 2.67. The molecule has 2 aliphatic rings. The standard InChI is InChI=1S/C14H18N2O/c1-9(2)17-14-15-11-7-3-5-10-6-4-8-12(16-14)13(10)11/h3,5,7,9,12H,4,6,8H2,1-2H3,(H,15,16). The van der Waals surface area contributed by atoms with Crippen LogP contribution in [-0.2, 0) is 11.2 Å². The Bertz CT molecular complexity index is 465. The monoisotopic (exact) mass is 230 g/mol. The second-order valence-corrected chi connectivity index (χ2v) is 5.01. The highest BCUT2D eigenvalue weighted by molar-refractivity contribution is 5.92. The molecule has 0 saturated heterocycles. The van der Waals surface area contributed by atoms with Gasteiger partial charge in [0, 0.05) is 11.3 Å². The Morgan fingerprint density at radius 3 is 3.12 bits per heavy atom. The Labute approximate surface area is 102 Å². The van der Waals surface area contributed by atoms with E-state index in [1.165, 1.54) is 29.7 Å². The molecule has 17 heavy (non-hydrogen) atoms. The minimum atomic E-state index is 0.162. The van der Waals surface area contributed by atoms with Crippen LogP contribution in [0, 0.1) is 0 Å². The van der Waals surface area contributed by atoms with E-state index in [4.69, 9.17) is 4.74 Å². The van der Waals surface area contributed by atoms with Crippen LogP contribution in [0.25, 0.3) is 0 Å². The third-order valence-corrected chi connectivity index (χ3v) is 3.32. The zero-order chi connectivity index (χ0) is 11.8. The van der Waals surface area contributed by atoms with Crippen LogP contribution in [0.5, 0.6) is 0 Å². The molecule has 1 aromatic rings. The molecule has 1 N–H and O–H groups in total. The Hall–Kier alpha value is -1.51. The lowest BCUT2D eigenvalue weighted by Crippen LogP contribution is -2.27. The lowest BCUT2D eigenvalue weighted by Gasteiger charge is -2.30. The van der Waals surface area contributed by atoms with Gasteiger partial charge in [0.1, 0.15) is 0 Å². The van der Waals surface area contributed by atoms with Crippen molar-refractivity contribution in [2.24, 2.45) is 4.99 Å². The van der Waals surface area contributed by atoms with Crippen LogP contribution in [0.15, 0.2) is 23.2 Å². The van der Waals surface area contributed by atoms with Gasteiger partial charge in [0.15, 0.2) is 0 Å². The summed E-state index contributed by atoms with van der Waals surface area (Å²) >= 11 is 0. The Morgan fingerprint density at radius 1 is 1.41 bits per heavy atom. The van der Waals surface area contributed by atoms with Crippen molar-refractivity contribution in [1.82, 2.24) is 0 Å². The fraction of sp³-hybridized carbons (Fsp3) is 0.500. The van der Waals surface area contributed by atoms with Gasteiger partial charge in [-0.1, -0.05) is 12.1 Å². The molecule has 0 fully saturated rings. The van der Waals surface area contributed by atoms with E-state index in [0.29, 0.717) is 12.1 Å². The third kappa shape index (κ3) is 1.90. The van der Waals surface area contributed by atoms with E-state index in [1.54, 1.807) is 0 Å². The predicted molar refractivity (Wildman–Crippen MR) is 69.4 cm³/mol. The van der Waals surface area contributed by atoms with Crippen LogP contribution < -0.4 is 5.32 Å². The SMILES string of the molecule is CC(C)OC1=NC2CCCc3cccc(c32)N1. The first-order chi connectivity index (χ1) is 8.24. The largest absolute Gasteiger partial charge is 0.462 e. The molecule has 0 bridgehead atoms. The van der Waals surface area contributed by atoms with Crippen molar-refractivity contribution in [2.45, 2.75) is 45.3 Å². The number of anilines is 1. The molecule has 1 unspecified atom stereocenters. The van der Waals surface area contributed by atoms with E-state index >= 15 is 0 Å². The van der Waals surface area contributed by atoms with Gasteiger partial charge >= 0.3 is 0 Å². The first kappa shape index (κ1) is 10.6. The number of rotatable bonds is 1. The van der Waals surface area contributed by atoms with Crippen molar-refractivity contribution >= 4 is 11.7 Å². The number of nitrogens with zero attached hydrogens (tertiary/aromatic N) is 1. The quantitative estimate of drug-likeness (QED) is 0.803. The van der Waals surface area contributed by atoms with Gasteiger partial charge in [0.2, 0.25) is 0 Å². The third-order valence-electron chi connectivity index (χ3n) is 3.32. The zero-order valence-corrected chi connectivity index (χ0v) is 10.4. The van der Waals surface area contributed by atoms with Gasteiger partial charge < -0.3 is 10.1 Å². The maximum absolute atomic E-state index is 5.68. The van der Waals surface area contributed by atoms with Crippen LogP contribution >= 0.6 is 0 Å². The first-order valence-electron chi connectivity index (χ1n) is 6.37. The van der Waals surface area contributed by atoms with Crippen LogP contribution in [-0.4, -0.2) is 12.1 Å². The topological polar surface area (TPSA) is 33.6 Å². The van der Waals surface area contributed by atoms with Crippen molar-refractivity contribution in [3.8, 4) is 0 Å². The number of aliphatic imine (C=N–C) groups is 1. The molecule has 0 saturated carbocycles. The van der Waals surface area contributed by atoms with Crippen LogP contribution in [0.1, 0.15) is 43.9 Å². The molecule has 1 atom stereocenters. The van der Waals surface area contributed by atoms with Gasteiger partial charge in [-0.2, -0.15) is 0 Å². The van der Waals surface area contributed by atoms with Crippen molar-refractivity contribution in [1.29, 1.82) is 0 Å². The van der Waals surface area contributed by atoms with E-state index in [-0.39, 0.29) is 6.10 Å². The van der Waals surface area contributed by atoms with Gasteiger partial charge in [-0.15, -0.1) is 0 Å². The molecule has 1 aliphatic heterocycles. The summed E-state index contributed by atoms with van der Waals surface area (Å²) in [6.45, 7) is 4.05. The first-order valence-corrected chi connectivity index (χ1v) is 6.37. The second-order valence-electron chi connectivity index (χ2n) is 5.01. The molecule has 0 aromatic heterocycles. The smallest absolute Gasteiger partial charge is 0.290 e.